The van der Waals surface area contributed by atoms with Gasteiger partial charge in [0.15, 0.2) is 11.5 Å². The lowest BCUT2D eigenvalue weighted by atomic mass is 10.2. The van der Waals surface area contributed by atoms with Gasteiger partial charge in [-0.1, -0.05) is 6.58 Å². The van der Waals surface area contributed by atoms with Gasteiger partial charge in [0.2, 0.25) is 0 Å². The topological polar surface area (TPSA) is 45.2 Å². The van der Waals surface area contributed by atoms with E-state index in [1.807, 2.05) is 0 Å². The van der Waals surface area contributed by atoms with Gasteiger partial charge in [-0.3, -0.25) is 4.98 Å². The van der Waals surface area contributed by atoms with E-state index in [0.717, 1.165) is 5.56 Å². The first-order chi connectivity index (χ1) is 11.3. The number of pyridine rings is 1. The van der Waals surface area contributed by atoms with Crippen LogP contribution in [0.3, 0.4) is 0 Å². The number of hydrogen-bond acceptors (Lipinski definition) is 5. The maximum Gasteiger partial charge on any atom is 0.435 e. The Kier molecular flexibility index (Phi) is 3.90. The summed E-state index contributed by atoms with van der Waals surface area (Å²) in [6.45, 7) is 6.64. The van der Waals surface area contributed by atoms with E-state index in [1.54, 1.807) is 31.1 Å². The zero-order valence-electron chi connectivity index (χ0n) is 13.3. The van der Waals surface area contributed by atoms with E-state index in [4.69, 9.17) is 0 Å². The molecule has 1 saturated heterocycles. The van der Waals surface area contributed by atoms with Crippen LogP contribution in [-0.4, -0.2) is 40.0 Å². The molecule has 1 fully saturated rings. The predicted molar refractivity (Wildman–Crippen MR) is 84.1 cm³/mol. The van der Waals surface area contributed by atoms with Crippen LogP contribution >= 0.6 is 0 Å². The Morgan fingerprint density at radius 1 is 1.17 bits per heavy atom. The van der Waals surface area contributed by atoms with E-state index in [1.165, 1.54) is 17.3 Å². The second-order valence-corrected chi connectivity index (χ2v) is 5.67. The molecule has 0 aromatic carbocycles. The smallest absolute Gasteiger partial charge is 0.360 e. The second kappa shape index (κ2) is 5.77. The number of aromatic nitrogens is 3. The molecule has 0 radical (unpaired) electrons. The molecule has 0 amide bonds. The minimum absolute atomic E-state index is 0.000406. The van der Waals surface area contributed by atoms with Crippen LogP contribution < -0.4 is 4.90 Å². The molecular weight excluding hydrogens is 319 g/mol. The highest BCUT2D eigenvalue weighted by Crippen LogP contribution is 2.38. The first kappa shape index (κ1) is 16.2. The molecule has 0 unspecified atom stereocenters. The number of likely N-dealkylation sites (N-methyl/N-ethyl adjacent to an activating group) is 1. The Bertz CT molecular complexity index is 788. The van der Waals surface area contributed by atoms with Crippen molar-refractivity contribution in [1.29, 1.82) is 0 Å². The van der Waals surface area contributed by atoms with E-state index in [2.05, 4.69) is 21.5 Å². The van der Waals surface area contributed by atoms with E-state index in [9.17, 15) is 13.2 Å². The van der Waals surface area contributed by atoms with Crippen molar-refractivity contribution < 1.29 is 13.2 Å². The standard InChI is InChI=1S/C16H16F3N5/c1-10-6-12(8-20-7-10)15-21-9-13(14(22-15)16(17,18)19)24-5-4-23(3)11(24)2/h6-9H,2,4-5H2,1,3H3. The van der Waals surface area contributed by atoms with E-state index in [0.29, 0.717) is 24.5 Å². The molecule has 3 rings (SSSR count). The maximum atomic E-state index is 13.5. The number of rotatable bonds is 2. The molecule has 1 aliphatic rings. The molecule has 24 heavy (non-hydrogen) atoms. The van der Waals surface area contributed by atoms with Gasteiger partial charge in [-0.15, -0.1) is 0 Å². The first-order valence-electron chi connectivity index (χ1n) is 7.31. The van der Waals surface area contributed by atoms with Gasteiger partial charge in [0.1, 0.15) is 5.82 Å². The Labute approximate surface area is 137 Å². The van der Waals surface area contributed by atoms with Crippen molar-refractivity contribution in [3.8, 4) is 11.4 Å². The third kappa shape index (κ3) is 2.91. The monoisotopic (exact) mass is 335 g/mol. The van der Waals surface area contributed by atoms with Gasteiger partial charge in [-0.05, 0) is 18.6 Å². The number of nitrogens with zero attached hydrogens (tertiary/aromatic N) is 5. The number of aryl methyl sites for hydroxylation is 1. The molecule has 0 spiro atoms. The van der Waals surface area contributed by atoms with Crippen LogP contribution in [-0.2, 0) is 6.18 Å². The van der Waals surface area contributed by atoms with Crippen molar-refractivity contribution >= 4 is 5.69 Å². The van der Waals surface area contributed by atoms with Crippen LogP contribution in [0.2, 0.25) is 0 Å². The van der Waals surface area contributed by atoms with Gasteiger partial charge >= 0.3 is 6.18 Å². The summed E-state index contributed by atoms with van der Waals surface area (Å²) in [7, 11) is 1.78. The van der Waals surface area contributed by atoms with Crippen LogP contribution in [0.1, 0.15) is 11.3 Å². The first-order valence-corrected chi connectivity index (χ1v) is 7.31. The largest absolute Gasteiger partial charge is 0.435 e. The molecule has 0 saturated carbocycles. The highest BCUT2D eigenvalue weighted by atomic mass is 19.4. The second-order valence-electron chi connectivity index (χ2n) is 5.67. The summed E-state index contributed by atoms with van der Waals surface area (Å²) < 4.78 is 40.6. The summed E-state index contributed by atoms with van der Waals surface area (Å²) in [5, 5.41) is 0. The molecule has 5 nitrogen and oxygen atoms in total. The molecule has 0 bridgehead atoms. The summed E-state index contributed by atoms with van der Waals surface area (Å²) in [6, 6.07) is 1.70. The number of hydrogen-bond donors (Lipinski definition) is 0. The lowest BCUT2D eigenvalue weighted by Crippen LogP contribution is -2.24. The van der Waals surface area contributed by atoms with Crippen LogP contribution in [0.4, 0.5) is 18.9 Å². The van der Waals surface area contributed by atoms with E-state index in [-0.39, 0.29) is 11.5 Å². The molecule has 0 aliphatic carbocycles. The quantitative estimate of drug-likeness (QED) is 0.844. The van der Waals surface area contributed by atoms with Crippen molar-refractivity contribution in [3.63, 3.8) is 0 Å². The van der Waals surface area contributed by atoms with Crippen molar-refractivity contribution in [2.75, 3.05) is 25.0 Å². The molecule has 2 aromatic heterocycles. The molecule has 126 valence electrons. The third-order valence-electron chi connectivity index (χ3n) is 3.87. The van der Waals surface area contributed by atoms with Gasteiger partial charge in [0.05, 0.1) is 11.9 Å². The van der Waals surface area contributed by atoms with Crippen LogP contribution in [0.5, 0.6) is 0 Å². The zero-order valence-corrected chi connectivity index (χ0v) is 13.3. The Balaban J connectivity index is 2.10. The summed E-state index contributed by atoms with van der Waals surface area (Å²) in [5.41, 5.74) is 0.222. The fraction of sp³-hybridized carbons (Fsp3) is 0.312. The highest BCUT2D eigenvalue weighted by Gasteiger charge is 2.39. The van der Waals surface area contributed by atoms with Crippen molar-refractivity contribution in [2.24, 2.45) is 0 Å². The normalized spacial score (nSPS) is 15.3. The Morgan fingerprint density at radius 2 is 1.92 bits per heavy atom. The average molecular weight is 335 g/mol. The number of halogens is 3. The van der Waals surface area contributed by atoms with Gasteiger partial charge in [0, 0.05) is 38.1 Å². The lowest BCUT2D eigenvalue weighted by Gasteiger charge is -2.23. The molecule has 8 heteroatoms. The molecule has 0 N–H and O–H groups in total. The van der Waals surface area contributed by atoms with Crippen LogP contribution in [0, 0.1) is 6.92 Å². The molecule has 3 heterocycles. The maximum absolute atomic E-state index is 13.5. The predicted octanol–water partition coefficient (Wildman–Crippen LogP) is 3.09. The summed E-state index contributed by atoms with van der Waals surface area (Å²) in [5.74, 6) is 0.495. The van der Waals surface area contributed by atoms with E-state index >= 15 is 0 Å². The third-order valence-corrected chi connectivity index (χ3v) is 3.87. The SMILES string of the molecule is C=C1N(C)CCN1c1cnc(-c2cncc(C)c2)nc1C(F)(F)F. The number of anilines is 1. The summed E-state index contributed by atoms with van der Waals surface area (Å²) in [4.78, 5) is 15.2. The van der Waals surface area contributed by atoms with Crippen molar-refractivity contribution in [2.45, 2.75) is 13.1 Å². The minimum atomic E-state index is -4.59. The highest BCUT2D eigenvalue weighted by molar-refractivity contribution is 5.61. The van der Waals surface area contributed by atoms with Crippen molar-refractivity contribution in [1.82, 2.24) is 19.9 Å². The fourth-order valence-corrected chi connectivity index (χ4v) is 2.57. The average Bonchev–Trinajstić information content (AvgIpc) is 2.85. The van der Waals surface area contributed by atoms with Gasteiger partial charge in [-0.25, -0.2) is 9.97 Å². The Morgan fingerprint density at radius 3 is 2.50 bits per heavy atom. The number of alkyl halides is 3. The molecular formula is C16H16F3N5. The van der Waals surface area contributed by atoms with E-state index < -0.39 is 11.9 Å². The molecule has 2 aromatic rings. The summed E-state index contributed by atoms with van der Waals surface area (Å²) in [6.07, 6.45) is -0.319. The van der Waals surface area contributed by atoms with Crippen LogP contribution in [0.25, 0.3) is 11.4 Å². The van der Waals surface area contributed by atoms with Gasteiger partial charge < -0.3 is 9.80 Å². The molecule has 0 atom stereocenters. The molecule has 1 aliphatic heterocycles. The Hall–Kier alpha value is -2.64. The van der Waals surface area contributed by atoms with Gasteiger partial charge in [0.25, 0.3) is 0 Å². The lowest BCUT2D eigenvalue weighted by molar-refractivity contribution is -0.140. The summed E-state index contributed by atoms with van der Waals surface area (Å²) >= 11 is 0. The minimum Gasteiger partial charge on any atom is -0.360 e. The van der Waals surface area contributed by atoms with Crippen LogP contribution in [0.15, 0.2) is 37.1 Å². The zero-order chi connectivity index (χ0) is 17.5. The van der Waals surface area contributed by atoms with Gasteiger partial charge in [-0.2, -0.15) is 13.2 Å². The van der Waals surface area contributed by atoms with Crippen molar-refractivity contribution in [3.05, 3.63) is 48.3 Å². The fourth-order valence-electron chi connectivity index (χ4n) is 2.57.